The number of aromatic nitrogens is 1. The van der Waals surface area contributed by atoms with Crippen molar-refractivity contribution in [3.63, 3.8) is 0 Å². The highest BCUT2D eigenvalue weighted by atomic mass is 32.2. The first-order valence-corrected chi connectivity index (χ1v) is 12.3. The molecule has 0 radical (unpaired) electrons. The minimum Gasteiger partial charge on any atom is -0.342 e. The number of nitrogens with zero attached hydrogens (tertiary/aromatic N) is 4. The van der Waals surface area contributed by atoms with Crippen LogP contribution in [0.5, 0.6) is 0 Å². The maximum Gasteiger partial charge on any atom is 0.254 e. The van der Waals surface area contributed by atoms with Gasteiger partial charge in [0.25, 0.3) is 5.91 Å². The van der Waals surface area contributed by atoms with E-state index in [9.17, 15) is 9.59 Å². The average molecular weight is 447 g/mol. The lowest BCUT2D eigenvalue weighted by atomic mass is 10.1. The number of rotatable bonds is 8. The highest BCUT2D eigenvalue weighted by molar-refractivity contribution is 8.00. The number of thioether (sulfide) groups is 1. The Labute approximate surface area is 187 Å². The Morgan fingerprint density at radius 3 is 2.47 bits per heavy atom. The average Bonchev–Trinajstić information content (AvgIpc) is 3.18. The second kappa shape index (κ2) is 10.9. The van der Waals surface area contributed by atoms with Gasteiger partial charge in [-0.25, -0.2) is 4.98 Å². The molecule has 0 saturated carbocycles. The molecule has 0 N–H and O–H groups in total. The van der Waals surface area contributed by atoms with Crippen molar-refractivity contribution in [2.24, 2.45) is 0 Å². The lowest BCUT2D eigenvalue weighted by molar-refractivity contribution is -0.132. The molecule has 1 saturated heterocycles. The van der Waals surface area contributed by atoms with E-state index in [2.05, 4.69) is 9.88 Å². The third kappa shape index (κ3) is 5.83. The molecule has 0 aliphatic carbocycles. The summed E-state index contributed by atoms with van der Waals surface area (Å²) in [6.45, 7) is 10.7. The third-order valence-electron chi connectivity index (χ3n) is 5.33. The monoisotopic (exact) mass is 446 g/mol. The van der Waals surface area contributed by atoms with Gasteiger partial charge in [0, 0.05) is 61.7 Å². The number of thiazole rings is 1. The molecule has 0 spiro atoms. The fourth-order valence-electron chi connectivity index (χ4n) is 3.54. The Morgan fingerprint density at radius 2 is 1.83 bits per heavy atom. The van der Waals surface area contributed by atoms with Gasteiger partial charge in [-0.3, -0.25) is 14.5 Å². The Balaban J connectivity index is 1.57. The first-order chi connectivity index (χ1) is 14.5. The van der Waals surface area contributed by atoms with Crippen LogP contribution in [0.3, 0.4) is 0 Å². The van der Waals surface area contributed by atoms with Crippen molar-refractivity contribution < 1.29 is 9.59 Å². The zero-order chi connectivity index (χ0) is 21.5. The van der Waals surface area contributed by atoms with E-state index in [-0.39, 0.29) is 11.8 Å². The van der Waals surface area contributed by atoms with Gasteiger partial charge in [0.2, 0.25) is 5.91 Å². The molecule has 8 heteroatoms. The van der Waals surface area contributed by atoms with Gasteiger partial charge in [-0.1, -0.05) is 30.0 Å². The van der Waals surface area contributed by atoms with E-state index in [1.54, 1.807) is 23.1 Å². The molecule has 1 aromatic carbocycles. The number of hydrogen-bond acceptors (Lipinski definition) is 6. The molecule has 1 aromatic heterocycles. The molecule has 162 valence electrons. The molecule has 6 nitrogen and oxygen atoms in total. The zero-order valence-corrected chi connectivity index (χ0v) is 19.6. The molecular formula is C22H30N4O2S2. The largest absolute Gasteiger partial charge is 0.342 e. The highest BCUT2D eigenvalue weighted by Crippen LogP contribution is 2.27. The number of amides is 2. The molecule has 0 atom stereocenters. The molecule has 0 unspecified atom stereocenters. The second-order valence-electron chi connectivity index (χ2n) is 7.33. The summed E-state index contributed by atoms with van der Waals surface area (Å²) >= 11 is 3.31. The van der Waals surface area contributed by atoms with Gasteiger partial charge < -0.3 is 9.80 Å². The number of benzene rings is 1. The lowest BCUT2D eigenvalue weighted by Gasteiger charge is -2.35. The Hall–Kier alpha value is -1.90. The second-order valence-corrected chi connectivity index (χ2v) is 9.42. The van der Waals surface area contributed by atoms with Gasteiger partial charge in [-0.05, 0) is 32.4 Å². The molecule has 0 bridgehead atoms. The van der Waals surface area contributed by atoms with Crippen LogP contribution >= 0.6 is 23.1 Å². The number of carbonyl (C=O) groups excluding carboxylic acids is 2. The van der Waals surface area contributed by atoms with Gasteiger partial charge in [0.1, 0.15) is 4.34 Å². The molecule has 2 heterocycles. The first kappa shape index (κ1) is 22.8. The summed E-state index contributed by atoms with van der Waals surface area (Å²) in [5, 5.41) is 2.05. The quantitative estimate of drug-likeness (QED) is 0.582. The number of carbonyl (C=O) groups is 2. The predicted octanol–water partition coefficient (Wildman–Crippen LogP) is 3.37. The van der Waals surface area contributed by atoms with E-state index in [0.717, 1.165) is 53.1 Å². The molecule has 1 aliphatic heterocycles. The van der Waals surface area contributed by atoms with Crippen LogP contribution in [-0.4, -0.2) is 77.3 Å². The third-order valence-corrected chi connectivity index (χ3v) is 7.52. The molecule has 2 amide bonds. The summed E-state index contributed by atoms with van der Waals surface area (Å²) in [7, 11) is 0. The van der Waals surface area contributed by atoms with Crippen molar-refractivity contribution >= 4 is 34.9 Å². The van der Waals surface area contributed by atoms with Crippen LogP contribution in [0, 0.1) is 6.92 Å². The summed E-state index contributed by atoms with van der Waals surface area (Å²) in [5.74, 6) is 0.975. The smallest absolute Gasteiger partial charge is 0.254 e. The highest BCUT2D eigenvalue weighted by Gasteiger charge is 2.25. The van der Waals surface area contributed by atoms with Gasteiger partial charge in [0.15, 0.2) is 0 Å². The Bertz CT molecular complexity index is 858. The van der Waals surface area contributed by atoms with E-state index in [1.807, 2.05) is 60.2 Å². The van der Waals surface area contributed by atoms with Crippen LogP contribution < -0.4 is 0 Å². The van der Waals surface area contributed by atoms with E-state index in [0.29, 0.717) is 19.6 Å². The first-order valence-electron chi connectivity index (χ1n) is 10.4. The molecule has 30 heavy (non-hydrogen) atoms. The van der Waals surface area contributed by atoms with Crippen LogP contribution in [0.15, 0.2) is 34.0 Å². The molecule has 1 fully saturated rings. The fourth-order valence-corrected chi connectivity index (χ4v) is 5.39. The molecule has 2 aromatic rings. The summed E-state index contributed by atoms with van der Waals surface area (Å²) in [4.78, 5) is 35.9. The van der Waals surface area contributed by atoms with Crippen molar-refractivity contribution in [3.05, 3.63) is 46.5 Å². The van der Waals surface area contributed by atoms with Crippen molar-refractivity contribution in [2.45, 2.75) is 30.9 Å². The predicted molar refractivity (Wildman–Crippen MR) is 123 cm³/mol. The number of piperazine rings is 1. The normalized spacial score (nSPS) is 14.7. The topological polar surface area (TPSA) is 56.8 Å². The summed E-state index contributed by atoms with van der Waals surface area (Å²) in [5.41, 5.74) is 2.84. The maximum atomic E-state index is 13.2. The van der Waals surface area contributed by atoms with Crippen LogP contribution in [-0.2, 0) is 10.5 Å². The number of aryl methyl sites for hydroxylation is 1. The number of likely N-dealkylation sites (N-methyl/N-ethyl adjacent to an activating group) is 1. The van der Waals surface area contributed by atoms with E-state index < -0.39 is 0 Å². The van der Waals surface area contributed by atoms with Crippen molar-refractivity contribution in [2.75, 3.05) is 45.8 Å². The van der Waals surface area contributed by atoms with Crippen molar-refractivity contribution in [1.82, 2.24) is 19.7 Å². The van der Waals surface area contributed by atoms with E-state index in [4.69, 9.17) is 0 Å². The molecule has 1 aliphatic rings. The maximum absolute atomic E-state index is 13.2. The van der Waals surface area contributed by atoms with Crippen LogP contribution in [0.1, 0.15) is 35.5 Å². The summed E-state index contributed by atoms with van der Waals surface area (Å²) < 4.78 is 1.03. The van der Waals surface area contributed by atoms with Crippen molar-refractivity contribution in [3.8, 4) is 0 Å². The molecule has 3 rings (SSSR count). The number of hydrogen-bond donors (Lipinski definition) is 0. The summed E-state index contributed by atoms with van der Waals surface area (Å²) in [6, 6.07) is 7.85. The zero-order valence-electron chi connectivity index (χ0n) is 18.0. The molecular weight excluding hydrogens is 416 g/mol. The van der Waals surface area contributed by atoms with E-state index >= 15 is 0 Å². The lowest BCUT2D eigenvalue weighted by Crippen LogP contribution is -2.51. The van der Waals surface area contributed by atoms with Crippen LogP contribution in [0.25, 0.3) is 0 Å². The fraction of sp³-hybridized carbons (Fsp3) is 0.500. The Kier molecular flexibility index (Phi) is 8.30. The van der Waals surface area contributed by atoms with Crippen LogP contribution in [0.4, 0.5) is 0 Å². The van der Waals surface area contributed by atoms with E-state index in [1.165, 1.54) is 0 Å². The minimum absolute atomic E-state index is 0.0799. The van der Waals surface area contributed by atoms with Crippen molar-refractivity contribution in [1.29, 1.82) is 0 Å². The standard InChI is InChI=1S/C22H30N4O2S2/c1-4-25(5-2)20(27)14-24-10-12-26(13-11-24)21(28)19-9-7-6-8-18(19)16-30-22-23-17(3)15-29-22/h6-9,15H,4-5,10-14,16H2,1-3H3. The minimum atomic E-state index is 0.0799. The van der Waals surface area contributed by atoms with Crippen LogP contribution in [0.2, 0.25) is 0 Å². The Morgan fingerprint density at radius 1 is 1.13 bits per heavy atom. The van der Waals surface area contributed by atoms with Gasteiger partial charge >= 0.3 is 0 Å². The van der Waals surface area contributed by atoms with Gasteiger partial charge in [0.05, 0.1) is 6.54 Å². The van der Waals surface area contributed by atoms with Gasteiger partial charge in [-0.2, -0.15) is 0 Å². The summed E-state index contributed by atoms with van der Waals surface area (Å²) in [6.07, 6.45) is 0. The van der Waals surface area contributed by atoms with Gasteiger partial charge in [-0.15, -0.1) is 11.3 Å². The SMILES string of the molecule is CCN(CC)C(=O)CN1CCN(C(=O)c2ccccc2CSc2nc(C)cs2)CC1.